The minimum atomic E-state index is -0.232. The van der Waals surface area contributed by atoms with Crippen LogP contribution in [-0.2, 0) is 6.54 Å². The van der Waals surface area contributed by atoms with Gasteiger partial charge < -0.3 is 22.5 Å². The molecule has 0 spiro atoms. The van der Waals surface area contributed by atoms with E-state index < -0.39 is 0 Å². The number of anilines is 3. The zero-order valence-electron chi connectivity index (χ0n) is 12.3. The van der Waals surface area contributed by atoms with Crippen LogP contribution in [0.15, 0.2) is 42.5 Å². The summed E-state index contributed by atoms with van der Waals surface area (Å²) in [6.45, 7) is 0.340. The lowest BCUT2D eigenvalue weighted by atomic mass is 10.1. The fourth-order valence-corrected chi connectivity index (χ4v) is 2.31. The third-order valence-electron chi connectivity index (χ3n) is 3.47. The van der Waals surface area contributed by atoms with Crippen molar-refractivity contribution in [3.05, 3.63) is 53.6 Å². The van der Waals surface area contributed by atoms with Gasteiger partial charge in [-0.2, -0.15) is 4.98 Å². The molecule has 0 bridgehead atoms. The highest BCUT2D eigenvalue weighted by Gasteiger charge is 2.09. The van der Waals surface area contributed by atoms with Crippen LogP contribution in [0.25, 0.3) is 10.9 Å². The van der Waals surface area contributed by atoms with E-state index >= 15 is 0 Å². The van der Waals surface area contributed by atoms with Gasteiger partial charge in [-0.3, -0.25) is 4.79 Å². The molecule has 0 atom stereocenters. The number of aromatic nitrogens is 2. The number of rotatable bonds is 3. The molecule has 7 N–H and O–H groups in total. The van der Waals surface area contributed by atoms with Crippen LogP contribution in [-0.4, -0.2) is 15.9 Å². The molecule has 0 aliphatic rings. The SMILES string of the molecule is Nc1nc(N)c2ccc(CNC(=O)c3ccccc3N)cc2n1. The molecule has 3 rings (SSSR count). The van der Waals surface area contributed by atoms with Gasteiger partial charge in [0.15, 0.2) is 0 Å². The molecule has 7 nitrogen and oxygen atoms in total. The molecule has 0 radical (unpaired) electrons. The van der Waals surface area contributed by atoms with Gasteiger partial charge in [-0.15, -0.1) is 0 Å². The summed E-state index contributed by atoms with van der Waals surface area (Å²) in [6, 6.07) is 12.4. The number of amides is 1. The fraction of sp³-hybridized carbons (Fsp3) is 0.0625. The van der Waals surface area contributed by atoms with Crippen molar-refractivity contribution in [2.24, 2.45) is 0 Å². The van der Waals surface area contributed by atoms with Gasteiger partial charge >= 0.3 is 0 Å². The van der Waals surface area contributed by atoms with Crippen LogP contribution in [0.2, 0.25) is 0 Å². The Labute approximate surface area is 132 Å². The van der Waals surface area contributed by atoms with E-state index in [2.05, 4.69) is 15.3 Å². The van der Waals surface area contributed by atoms with E-state index in [4.69, 9.17) is 17.2 Å². The van der Waals surface area contributed by atoms with Gasteiger partial charge in [0.2, 0.25) is 5.95 Å². The minimum Gasteiger partial charge on any atom is -0.398 e. The summed E-state index contributed by atoms with van der Waals surface area (Å²) in [5.41, 5.74) is 19.6. The largest absolute Gasteiger partial charge is 0.398 e. The predicted octanol–water partition coefficient (Wildman–Crippen LogP) is 1.31. The number of nitrogen functional groups attached to an aromatic ring is 3. The number of nitrogens with one attached hydrogen (secondary N) is 1. The summed E-state index contributed by atoms with van der Waals surface area (Å²) in [6.07, 6.45) is 0. The van der Waals surface area contributed by atoms with Gasteiger partial charge in [-0.25, -0.2) is 4.98 Å². The molecule has 116 valence electrons. The van der Waals surface area contributed by atoms with Crippen molar-refractivity contribution in [1.29, 1.82) is 0 Å². The lowest BCUT2D eigenvalue weighted by molar-refractivity contribution is 0.0952. The molecule has 1 aromatic heterocycles. The highest BCUT2D eigenvalue weighted by Crippen LogP contribution is 2.20. The first-order chi connectivity index (χ1) is 11.0. The molecule has 0 fully saturated rings. The van der Waals surface area contributed by atoms with Gasteiger partial charge in [0, 0.05) is 17.6 Å². The molecular formula is C16H16N6O. The molecule has 0 unspecified atom stereocenters. The van der Waals surface area contributed by atoms with Crippen molar-refractivity contribution in [3.8, 4) is 0 Å². The third-order valence-corrected chi connectivity index (χ3v) is 3.47. The summed E-state index contributed by atoms with van der Waals surface area (Å²) < 4.78 is 0. The molecular weight excluding hydrogens is 292 g/mol. The van der Waals surface area contributed by atoms with Crippen LogP contribution < -0.4 is 22.5 Å². The lowest BCUT2D eigenvalue weighted by Gasteiger charge is -2.09. The van der Waals surface area contributed by atoms with Gasteiger partial charge in [-0.05, 0) is 29.8 Å². The summed E-state index contributed by atoms with van der Waals surface area (Å²) in [4.78, 5) is 20.2. The van der Waals surface area contributed by atoms with E-state index in [9.17, 15) is 4.79 Å². The molecule has 2 aromatic carbocycles. The van der Waals surface area contributed by atoms with Crippen molar-refractivity contribution in [1.82, 2.24) is 15.3 Å². The van der Waals surface area contributed by atoms with Crippen molar-refractivity contribution < 1.29 is 4.79 Å². The Morgan fingerprint density at radius 3 is 2.61 bits per heavy atom. The first-order valence-corrected chi connectivity index (χ1v) is 6.99. The Balaban J connectivity index is 1.80. The molecule has 0 aliphatic heterocycles. The molecule has 1 heterocycles. The van der Waals surface area contributed by atoms with Crippen LogP contribution in [0.3, 0.4) is 0 Å². The smallest absolute Gasteiger partial charge is 0.253 e. The molecule has 0 aliphatic carbocycles. The zero-order chi connectivity index (χ0) is 16.4. The van der Waals surface area contributed by atoms with Crippen molar-refractivity contribution in [3.63, 3.8) is 0 Å². The molecule has 0 saturated heterocycles. The van der Waals surface area contributed by atoms with Gasteiger partial charge in [0.25, 0.3) is 5.91 Å². The van der Waals surface area contributed by atoms with E-state index in [-0.39, 0.29) is 11.9 Å². The monoisotopic (exact) mass is 308 g/mol. The number of carbonyl (C=O) groups is 1. The lowest BCUT2D eigenvalue weighted by Crippen LogP contribution is -2.23. The third kappa shape index (κ3) is 2.98. The normalized spacial score (nSPS) is 10.6. The van der Waals surface area contributed by atoms with E-state index in [0.717, 1.165) is 10.9 Å². The zero-order valence-corrected chi connectivity index (χ0v) is 12.3. The average molecular weight is 308 g/mol. The Kier molecular flexibility index (Phi) is 3.68. The number of hydrogen-bond acceptors (Lipinski definition) is 6. The van der Waals surface area contributed by atoms with E-state index in [0.29, 0.717) is 29.1 Å². The highest BCUT2D eigenvalue weighted by atomic mass is 16.1. The average Bonchev–Trinajstić information content (AvgIpc) is 2.52. The fourth-order valence-electron chi connectivity index (χ4n) is 2.31. The number of fused-ring (bicyclic) bond motifs is 1. The predicted molar refractivity (Wildman–Crippen MR) is 90.4 cm³/mol. The van der Waals surface area contributed by atoms with E-state index in [1.54, 1.807) is 24.3 Å². The van der Waals surface area contributed by atoms with Crippen molar-refractivity contribution >= 4 is 34.3 Å². The van der Waals surface area contributed by atoms with Gasteiger partial charge in [0.1, 0.15) is 5.82 Å². The first-order valence-electron chi connectivity index (χ1n) is 6.99. The number of nitrogens with zero attached hydrogens (tertiary/aromatic N) is 2. The summed E-state index contributed by atoms with van der Waals surface area (Å²) in [5.74, 6) is 0.221. The standard InChI is InChI=1S/C16H16N6O/c17-12-4-2-1-3-10(12)15(23)20-8-9-5-6-11-13(7-9)21-16(19)22-14(11)18/h1-7H,8,17H2,(H,20,23)(H4,18,19,21,22). The topological polar surface area (TPSA) is 133 Å². The van der Waals surface area contributed by atoms with E-state index in [1.165, 1.54) is 0 Å². The maximum Gasteiger partial charge on any atom is 0.253 e. The molecule has 0 saturated carbocycles. The minimum absolute atomic E-state index is 0.119. The Hall–Kier alpha value is -3.35. The Morgan fingerprint density at radius 2 is 1.83 bits per heavy atom. The van der Waals surface area contributed by atoms with Crippen LogP contribution in [0.1, 0.15) is 15.9 Å². The first kappa shape index (κ1) is 14.6. The quantitative estimate of drug-likeness (QED) is 0.539. The summed E-state index contributed by atoms with van der Waals surface area (Å²) >= 11 is 0. The van der Waals surface area contributed by atoms with Crippen LogP contribution in [0.4, 0.5) is 17.5 Å². The highest BCUT2D eigenvalue weighted by molar-refractivity contribution is 5.99. The summed E-state index contributed by atoms with van der Waals surface area (Å²) in [5, 5.41) is 3.55. The molecule has 23 heavy (non-hydrogen) atoms. The number of carbonyl (C=O) groups excluding carboxylic acids is 1. The van der Waals surface area contributed by atoms with E-state index in [1.807, 2.05) is 18.2 Å². The molecule has 7 heteroatoms. The number of para-hydroxylation sites is 1. The second-order valence-corrected chi connectivity index (χ2v) is 5.09. The Morgan fingerprint density at radius 1 is 1.04 bits per heavy atom. The van der Waals surface area contributed by atoms with Crippen LogP contribution in [0.5, 0.6) is 0 Å². The molecule has 3 aromatic rings. The van der Waals surface area contributed by atoms with Crippen molar-refractivity contribution in [2.45, 2.75) is 6.54 Å². The number of benzene rings is 2. The maximum absolute atomic E-state index is 12.2. The van der Waals surface area contributed by atoms with Crippen LogP contribution in [0, 0.1) is 0 Å². The van der Waals surface area contributed by atoms with Gasteiger partial charge in [0.05, 0.1) is 11.1 Å². The molecule has 1 amide bonds. The number of hydrogen-bond donors (Lipinski definition) is 4. The second kappa shape index (κ2) is 5.80. The maximum atomic E-state index is 12.2. The van der Waals surface area contributed by atoms with Crippen LogP contribution >= 0.6 is 0 Å². The number of nitrogens with two attached hydrogens (primary N) is 3. The van der Waals surface area contributed by atoms with Gasteiger partial charge in [-0.1, -0.05) is 18.2 Å². The Bertz CT molecular complexity index is 893. The second-order valence-electron chi connectivity index (χ2n) is 5.09. The van der Waals surface area contributed by atoms with Crippen molar-refractivity contribution in [2.75, 3.05) is 17.2 Å². The summed E-state index contributed by atoms with van der Waals surface area (Å²) in [7, 11) is 0.